The van der Waals surface area contributed by atoms with Crippen molar-refractivity contribution in [2.45, 2.75) is 11.5 Å². The maximum atomic E-state index is 12.8. The van der Waals surface area contributed by atoms with Gasteiger partial charge in [0.05, 0.1) is 24.2 Å². The molecule has 0 saturated heterocycles. The molecule has 0 radical (unpaired) electrons. The van der Waals surface area contributed by atoms with Crippen molar-refractivity contribution in [1.82, 2.24) is 0 Å². The van der Waals surface area contributed by atoms with E-state index in [1.54, 1.807) is 42.5 Å². The van der Waals surface area contributed by atoms with Gasteiger partial charge in [0.1, 0.15) is 12.4 Å². The first-order valence-corrected chi connectivity index (χ1v) is 12.3. The third kappa shape index (κ3) is 6.78. The zero-order valence-electron chi connectivity index (χ0n) is 19.1. The van der Waals surface area contributed by atoms with Gasteiger partial charge in [-0.1, -0.05) is 54.6 Å². The minimum absolute atomic E-state index is 0.101. The second-order valence-corrected chi connectivity index (χ2v) is 9.47. The van der Waals surface area contributed by atoms with Crippen LogP contribution in [-0.2, 0) is 30.7 Å². The first-order chi connectivity index (χ1) is 16.7. The van der Waals surface area contributed by atoms with Gasteiger partial charge < -0.3 is 19.3 Å². The monoisotopic (exact) mass is 496 g/mol. The summed E-state index contributed by atoms with van der Waals surface area (Å²) in [5.41, 5.74) is 1.98. The largest absolute Gasteiger partial charge is 0.514 e. The van der Waals surface area contributed by atoms with Crippen LogP contribution in [-0.4, -0.2) is 45.6 Å². The number of aliphatic hydroxyl groups excluding tert-OH is 1. The lowest BCUT2D eigenvalue weighted by Gasteiger charge is -2.16. The smallest absolute Gasteiger partial charge is 0.465 e. The summed E-state index contributed by atoms with van der Waals surface area (Å²) in [6, 6.07) is 20.9. The van der Waals surface area contributed by atoms with E-state index < -0.39 is 22.0 Å². The molecule has 0 unspecified atom stereocenters. The Labute approximate surface area is 203 Å². The van der Waals surface area contributed by atoms with Crippen molar-refractivity contribution in [3.8, 4) is 5.75 Å². The summed E-state index contributed by atoms with van der Waals surface area (Å²) in [6.07, 6.45) is 0.0654. The van der Waals surface area contributed by atoms with Gasteiger partial charge in [-0.15, -0.1) is 0 Å². The van der Waals surface area contributed by atoms with Gasteiger partial charge in [-0.3, -0.25) is 0 Å². The predicted molar refractivity (Wildman–Crippen MR) is 129 cm³/mol. The highest BCUT2D eigenvalue weighted by molar-refractivity contribution is 7.90. The van der Waals surface area contributed by atoms with E-state index in [0.29, 0.717) is 22.3 Å². The summed E-state index contributed by atoms with van der Waals surface area (Å²) >= 11 is 0. The number of hydrogen-bond donors (Lipinski definition) is 1. The zero-order valence-corrected chi connectivity index (χ0v) is 19.9. The van der Waals surface area contributed by atoms with Crippen LogP contribution in [0, 0.1) is 0 Å². The Balaban J connectivity index is 1.99. The number of aliphatic hydroxyl groups is 1. The fourth-order valence-electron chi connectivity index (χ4n) is 3.29. The van der Waals surface area contributed by atoms with Crippen LogP contribution in [0.4, 0.5) is 4.79 Å². The SMILES string of the molecule is COC(=O)C(=C(COC(=O)Oc1cccc(CO)c1)c1ccc(S(C)(=O)=O)cc1)c1ccccc1. The second kappa shape index (κ2) is 11.5. The van der Waals surface area contributed by atoms with Gasteiger partial charge in [-0.05, 0) is 41.0 Å². The van der Waals surface area contributed by atoms with E-state index in [4.69, 9.17) is 14.2 Å². The number of carbonyl (C=O) groups is 2. The Bertz CT molecular complexity index is 1330. The van der Waals surface area contributed by atoms with Gasteiger partial charge >= 0.3 is 12.1 Å². The molecule has 0 atom stereocenters. The highest BCUT2D eigenvalue weighted by Crippen LogP contribution is 2.29. The summed E-state index contributed by atoms with van der Waals surface area (Å²) in [6.45, 7) is -0.585. The van der Waals surface area contributed by atoms with E-state index in [-0.39, 0.29) is 29.4 Å². The lowest BCUT2D eigenvalue weighted by atomic mass is 9.95. The molecule has 3 aromatic carbocycles. The second-order valence-electron chi connectivity index (χ2n) is 7.45. The van der Waals surface area contributed by atoms with E-state index in [9.17, 15) is 23.1 Å². The Morgan fingerprint density at radius 3 is 2.17 bits per heavy atom. The maximum absolute atomic E-state index is 12.8. The lowest BCUT2D eigenvalue weighted by Crippen LogP contribution is -2.15. The van der Waals surface area contributed by atoms with Crippen LogP contribution in [0.3, 0.4) is 0 Å². The van der Waals surface area contributed by atoms with Crippen molar-refractivity contribution in [2.24, 2.45) is 0 Å². The molecule has 3 rings (SSSR count). The molecule has 8 nitrogen and oxygen atoms in total. The summed E-state index contributed by atoms with van der Waals surface area (Å²) in [7, 11) is -2.20. The first kappa shape index (κ1) is 25.7. The Morgan fingerprint density at radius 2 is 1.57 bits per heavy atom. The molecule has 0 heterocycles. The maximum Gasteiger partial charge on any atom is 0.514 e. The summed E-state index contributed by atoms with van der Waals surface area (Å²) in [5, 5.41) is 9.25. The highest BCUT2D eigenvalue weighted by atomic mass is 32.2. The van der Waals surface area contributed by atoms with Gasteiger partial charge in [-0.25, -0.2) is 18.0 Å². The van der Waals surface area contributed by atoms with Crippen molar-refractivity contribution in [1.29, 1.82) is 0 Å². The average Bonchev–Trinajstić information content (AvgIpc) is 2.86. The molecule has 3 aromatic rings. The van der Waals surface area contributed by atoms with E-state index in [1.165, 1.54) is 43.5 Å². The summed E-state index contributed by atoms with van der Waals surface area (Å²) < 4.78 is 39.2. The Hall–Kier alpha value is -3.95. The quantitative estimate of drug-likeness (QED) is 0.216. The molecular formula is C26H24O8S. The molecule has 0 aromatic heterocycles. The fraction of sp³-hybridized carbons (Fsp3) is 0.154. The molecule has 1 N–H and O–H groups in total. The van der Waals surface area contributed by atoms with Crippen LogP contribution in [0.5, 0.6) is 5.75 Å². The van der Waals surface area contributed by atoms with Gasteiger partial charge in [0.15, 0.2) is 9.84 Å². The minimum Gasteiger partial charge on any atom is -0.465 e. The van der Waals surface area contributed by atoms with Crippen molar-refractivity contribution in [3.63, 3.8) is 0 Å². The number of esters is 1. The van der Waals surface area contributed by atoms with Crippen LogP contribution in [0.15, 0.2) is 83.8 Å². The third-order valence-corrected chi connectivity index (χ3v) is 6.13. The predicted octanol–water partition coefficient (Wildman–Crippen LogP) is 3.88. The van der Waals surface area contributed by atoms with Crippen molar-refractivity contribution < 1.29 is 37.3 Å². The molecule has 0 amide bonds. The van der Waals surface area contributed by atoms with Crippen LogP contribution in [0.2, 0.25) is 0 Å². The van der Waals surface area contributed by atoms with Crippen molar-refractivity contribution in [2.75, 3.05) is 20.0 Å². The average molecular weight is 497 g/mol. The molecule has 0 aliphatic carbocycles. The summed E-state index contributed by atoms with van der Waals surface area (Å²) in [5.74, 6) is -0.480. The molecule has 0 bridgehead atoms. The van der Waals surface area contributed by atoms with Crippen LogP contribution >= 0.6 is 0 Å². The number of carbonyl (C=O) groups excluding carboxylic acids is 2. The van der Waals surface area contributed by atoms with Gasteiger partial charge in [0.25, 0.3) is 0 Å². The Kier molecular flexibility index (Phi) is 8.40. The molecule has 0 saturated carbocycles. The first-order valence-electron chi connectivity index (χ1n) is 10.4. The topological polar surface area (TPSA) is 116 Å². The van der Waals surface area contributed by atoms with E-state index in [0.717, 1.165) is 6.26 Å². The molecule has 0 aliphatic heterocycles. The highest BCUT2D eigenvalue weighted by Gasteiger charge is 2.22. The number of ether oxygens (including phenoxy) is 3. The number of rotatable bonds is 8. The molecule has 0 fully saturated rings. The number of hydrogen-bond acceptors (Lipinski definition) is 8. The third-order valence-electron chi connectivity index (χ3n) is 5.00. The summed E-state index contributed by atoms with van der Waals surface area (Å²) in [4.78, 5) is 25.3. The molecule has 35 heavy (non-hydrogen) atoms. The van der Waals surface area contributed by atoms with Crippen LogP contribution in [0.1, 0.15) is 16.7 Å². The molecule has 9 heteroatoms. The molecule has 0 spiro atoms. The Morgan fingerprint density at radius 1 is 0.886 bits per heavy atom. The molecular weight excluding hydrogens is 472 g/mol. The fourth-order valence-corrected chi connectivity index (χ4v) is 3.92. The standard InChI is InChI=1S/C26H24O8S/c1-32-25(28)24(20-8-4-3-5-9-20)23(19-11-13-22(14-12-19)35(2,30)31)17-33-26(29)34-21-10-6-7-18(15-21)16-27/h3-15,27H,16-17H2,1-2H3. The molecule has 182 valence electrons. The normalized spacial score (nSPS) is 11.9. The lowest BCUT2D eigenvalue weighted by molar-refractivity contribution is -0.133. The minimum atomic E-state index is -3.44. The number of benzene rings is 3. The van der Waals surface area contributed by atoms with Crippen molar-refractivity contribution in [3.05, 3.63) is 95.6 Å². The number of methoxy groups -OCH3 is 1. The number of sulfone groups is 1. The van der Waals surface area contributed by atoms with E-state index in [1.807, 2.05) is 0 Å². The zero-order chi connectivity index (χ0) is 25.4. The van der Waals surface area contributed by atoms with E-state index in [2.05, 4.69) is 0 Å². The van der Waals surface area contributed by atoms with Gasteiger partial charge in [0, 0.05) is 11.8 Å². The van der Waals surface area contributed by atoms with E-state index >= 15 is 0 Å². The van der Waals surface area contributed by atoms with Crippen LogP contribution < -0.4 is 4.74 Å². The van der Waals surface area contributed by atoms with Gasteiger partial charge in [-0.2, -0.15) is 0 Å². The van der Waals surface area contributed by atoms with Gasteiger partial charge in [0.2, 0.25) is 0 Å². The molecule has 0 aliphatic rings. The van der Waals surface area contributed by atoms with Crippen molar-refractivity contribution >= 4 is 33.1 Å². The van der Waals surface area contributed by atoms with Crippen LogP contribution in [0.25, 0.3) is 11.1 Å².